The van der Waals surface area contributed by atoms with Crippen LogP contribution in [0.5, 0.6) is 11.5 Å². The van der Waals surface area contributed by atoms with Crippen molar-refractivity contribution >= 4 is 23.4 Å². The monoisotopic (exact) mass is 402 g/mol. The molecule has 9 nitrogen and oxygen atoms in total. The fourth-order valence-electron chi connectivity index (χ4n) is 2.20. The van der Waals surface area contributed by atoms with Crippen LogP contribution >= 0.6 is 11.8 Å². The third kappa shape index (κ3) is 5.13. The molecule has 0 saturated carbocycles. The summed E-state index contributed by atoms with van der Waals surface area (Å²) < 4.78 is 17.5. The maximum Gasteiger partial charge on any atom is 0.262 e. The van der Waals surface area contributed by atoms with E-state index in [-0.39, 0.29) is 17.8 Å². The highest BCUT2D eigenvalue weighted by Crippen LogP contribution is 2.20. The fraction of sp³-hybridized carbons (Fsp3) is 0.222. The summed E-state index contributed by atoms with van der Waals surface area (Å²) in [6, 6.07) is 8.25. The molecular formula is C18H18N4O5S. The summed E-state index contributed by atoms with van der Waals surface area (Å²) in [5.74, 6) is 1.06. The molecule has 0 aliphatic carbocycles. The molecule has 1 aromatic carbocycles. The van der Waals surface area contributed by atoms with Crippen LogP contribution in [-0.2, 0) is 17.6 Å². The zero-order valence-corrected chi connectivity index (χ0v) is 16.1. The number of amides is 1. The smallest absolute Gasteiger partial charge is 0.262 e. The number of benzene rings is 1. The van der Waals surface area contributed by atoms with E-state index >= 15 is 0 Å². The van der Waals surface area contributed by atoms with Crippen LogP contribution in [0.3, 0.4) is 0 Å². The van der Waals surface area contributed by atoms with Crippen molar-refractivity contribution < 1.29 is 18.7 Å². The van der Waals surface area contributed by atoms with E-state index in [9.17, 15) is 9.59 Å². The minimum absolute atomic E-state index is 0.0341. The van der Waals surface area contributed by atoms with Gasteiger partial charge in [-0.15, -0.1) is 10.2 Å². The van der Waals surface area contributed by atoms with E-state index in [0.29, 0.717) is 28.1 Å². The van der Waals surface area contributed by atoms with E-state index in [2.05, 4.69) is 15.5 Å². The largest absolute Gasteiger partial charge is 0.497 e. The number of nitrogens with one attached hydrogen (secondary N) is 1. The minimum Gasteiger partial charge on any atom is -0.497 e. The number of hydrogen-bond donors (Lipinski definition) is 1. The van der Waals surface area contributed by atoms with E-state index in [1.54, 1.807) is 42.3 Å². The summed E-state index contributed by atoms with van der Waals surface area (Å²) in [6.07, 6.45) is 2.79. The zero-order valence-electron chi connectivity index (χ0n) is 15.2. The summed E-state index contributed by atoms with van der Waals surface area (Å²) in [5, 5.41) is 11.1. The first-order valence-electron chi connectivity index (χ1n) is 8.20. The summed E-state index contributed by atoms with van der Waals surface area (Å²) in [5.41, 5.74) is 0.199. The number of methoxy groups -OCH3 is 1. The number of carbonyl (C=O) groups excluding carboxylic acids is 1. The quantitative estimate of drug-likeness (QED) is 0.571. The van der Waals surface area contributed by atoms with Crippen molar-refractivity contribution in [3.8, 4) is 11.5 Å². The standard InChI is InChI=1S/C18H18N4O5S/c1-22-11-19-21-18(22)28-10-14-7-15(23)16(8-26-14)27-9-17(24)20-12-4-3-5-13(6-12)25-2/h3-8,11H,9-10H2,1-2H3,(H,20,24). The van der Waals surface area contributed by atoms with Crippen LogP contribution in [-0.4, -0.2) is 34.4 Å². The second-order valence-electron chi connectivity index (χ2n) is 5.66. The molecule has 146 valence electrons. The normalized spacial score (nSPS) is 10.5. The molecule has 0 atom stereocenters. The Kier molecular flexibility index (Phi) is 6.33. The molecule has 0 radical (unpaired) electrons. The van der Waals surface area contributed by atoms with Gasteiger partial charge in [0.1, 0.15) is 24.1 Å². The van der Waals surface area contributed by atoms with Gasteiger partial charge in [-0.05, 0) is 12.1 Å². The fourth-order valence-corrected chi connectivity index (χ4v) is 2.98. The van der Waals surface area contributed by atoms with E-state index in [0.717, 1.165) is 0 Å². The van der Waals surface area contributed by atoms with Crippen LogP contribution in [0.25, 0.3) is 0 Å². The SMILES string of the molecule is COc1cccc(NC(=O)COc2coc(CSc3nncn3C)cc2=O)c1. The molecule has 0 spiro atoms. The molecule has 0 fully saturated rings. The molecule has 1 amide bonds. The van der Waals surface area contributed by atoms with Crippen molar-refractivity contribution in [3.63, 3.8) is 0 Å². The highest BCUT2D eigenvalue weighted by molar-refractivity contribution is 7.98. The highest BCUT2D eigenvalue weighted by Gasteiger charge is 2.10. The van der Waals surface area contributed by atoms with E-state index in [1.807, 2.05) is 7.05 Å². The number of anilines is 1. The van der Waals surface area contributed by atoms with E-state index in [4.69, 9.17) is 13.9 Å². The molecule has 1 N–H and O–H groups in total. The van der Waals surface area contributed by atoms with Crippen molar-refractivity contribution in [1.82, 2.24) is 14.8 Å². The van der Waals surface area contributed by atoms with Gasteiger partial charge in [-0.1, -0.05) is 17.8 Å². The molecule has 2 aromatic heterocycles. The van der Waals surface area contributed by atoms with Gasteiger partial charge in [-0.2, -0.15) is 0 Å². The molecule has 0 bridgehead atoms. The summed E-state index contributed by atoms with van der Waals surface area (Å²) >= 11 is 1.39. The summed E-state index contributed by atoms with van der Waals surface area (Å²) in [7, 11) is 3.37. The molecule has 3 aromatic rings. The second-order valence-corrected chi connectivity index (χ2v) is 6.60. The Labute approximate surface area is 164 Å². The lowest BCUT2D eigenvalue weighted by molar-refractivity contribution is -0.118. The molecule has 10 heteroatoms. The van der Waals surface area contributed by atoms with Gasteiger partial charge in [0.15, 0.2) is 11.8 Å². The number of thioether (sulfide) groups is 1. The Hall–Kier alpha value is -3.27. The van der Waals surface area contributed by atoms with Crippen molar-refractivity contribution in [2.75, 3.05) is 19.0 Å². The lowest BCUT2D eigenvalue weighted by atomic mass is 10.3. The van der Waals surface area contributed by atoms with Crippen LogP contribution in [0.15, 0.2) is 57.3 Å². The predicted molar refractivity (Wildman–Crippen MR) is 103 cm³/mol. The van der Waals surface area contributed by atoms with Gasteiger partial charge in [-0.25, -0.2) is 0 Å². The lowest BCUT2D eigenvalue weighted by Gasteiger charge is -2.08. The molecule has 0 unspecified atom stereocenters. The average molecular weight is 402 g/mol. The molecule has 28 heavy (non-hydrogen) atoms. The number of hydrogen-bond acceptors (Lipinski definition) is 8. The van der Waals surface area contributed by atoms with Crippen molar-refractivity contribution in [2.24, 2.45) is 7.05 Å². The highest BCUT2D eigenvalue weighted by atomic mass is 32.2. The van der Waals surface area contributed by atoms with Gasteiger partial charge in [-0.3, -0.25) is 9.59 Å². The maximum absolute atomic E-state index is 12.1. The Morgan fingerprint density at radius 3 is 2.93 bits per heavy atom. The Balaban J connectivity index is 1.53. The first-order valence-corrected chi connectivity index (χ1v) is 9.19. The predicted octanol–water partition coefficient (Wildman–Crippen LogP) is 2.09. The Bertz CT molecular complexity index is 1020. The van der Waals surface area contributed by atoms with Crippen molar-refractivity contribution in [1.29, 1.82) is 0 Å². The van der Waals surface area contributed by atoms with Crippen molar-refractivity contribution in [3.05, 3.63) is 58.9 Å². The number of rotatable bonds is 8. The van der Waals surface area contributed by atoms with E-state index in [1.165, 1.54) is 24.1 Å². The van der Waals surface area contributed by atoms with Gasteiger partial charge in [0.2, 0.25) is 11.2 Å². The van der Waals surface area contributed by atoms with Crippen molar-refractivity contribution in [2.45, 2.75) is 10.9 Å². The van der Waals surface area contributed by atoms with Gasteiger partial charge >= 0.3 is 0 Å². The van der Waals surface area contributed by atoms with Gasteiger partial charge < -0.3 is 23.8 Å². The Morgan fingerprint density at radius 1 is 1.36 bits per heavy atom. The van der Waals surface area contributed by atoms with Crippen LogP contribution in [0.1, 0.15) is 5.76 Å². The maximum atomic E-state index is 12.1. The summed E-state index contributed by atoms with van der Waals surface area (Å²) in [6.45, 7) is -0.324. The third-order valence-corrected chi connectivity index (χ3v) is 4.63. The molecule has 0 saturated heterocycles. The first-order chi connectivity index (χ1) is 13.5. The van der Waals surface area contributed by atoms with Crippen LogP contribution in [0.2, 0.25) is 0 Å². The molecule has 0 aliphatic heterocycles. The van der Waals surface area contributed by atoms with Crippen LogP contribution in [0.4, 0.5) is 5.69 Å². The van der Waals surface area contributed by atoms with Crippen LogP contribution < -0.4 is 20.2 Å². The molecular weight excluding hydrogens is 384 g/mol. The number of nitrogens with zero attached hydrogens (tertiary/aromatic N) is 3. The molecule has 2 heterocycles. The minimum atomic E-state index is -0.408. The molecule has 3 rings (SSSR count). The average Bonchev–Trinajstić information content (AvgIpc) is 3.10. The molecule has 0 aliphatic rings. The first kappa shape index (κ1) is 19.5. The van der Waals surface area contributed by atoms with Gasteiger partial charge in [0.05, 0.1) is 12.9 Å². The second kappa shape index (κ2) is 9.09. The van der Waals surface area contributed by atoms with E-state index < -0.39 is 5.91 Å². The number of aryl methyl sites for hydroxylation is 1. The summed E-state index contributed by atoms with van der Waals surface area (Å²) in [4.78, 5) is 24.1. The number of carbonyl (C=O) groups is 1. The van der Waals surface area contributed by atoms with Gasteiger partial charge in [0.25, 0.3) is 5.91 Å². The van der Waals surface area contributed by atoms with Crippen LogP contribution in [0, 0.1) is 0 Å². The number of aromatic nitrogens is 3. The topological polar surface area (TPSA) is 108 Å². The zero-order chi connectivity index (χ0) is 19.9. The van der Waals surface area contributed by atoms with Gasteiger partial charge in [0, 0.05) is 24.9 Å². The third-order valence-electron chi connectivity index (χ3n) is 3.58. The number of ether oxygens (including phenoxy) is 2. The Morgan fingerprint density at radius 2 is 2.21 bits per heavy atom. The lowest BCUT2D eigenvalue weighted by Crippen LogP contribution is -2.22.